The lowest BCUT2D eigenvalue weighted by Crippen LogP contribution is -2.26. The van der Waals surface area contributed by atoms with E-state index < -0.39 is 0 Å². The van der Waals surface area contributed by atoms with Crippen LogP contribution in [0.15, 0.2) is 30.4 Å². The molecule has 116 valence electrons. The average Bonchev–Trinajstić information content (AvgIpc) is 2.98. The smallest absolute Gasteiger partial charge is 0.166 e. The van der Waals surface area contributed by atoms with Crippen LogP contribution in [0.5, 0.6) is 11.5 Å². The molecule has 0 bridgehead atoms. The third-order valence-corrected chi connectivity index (χ3v) is 3.45. The summed E-state index contributed by atoms with van der Waals surface area (Å²) in [6, 6.07) is 5.95. The predicted octanol–water partition coefficient (Wildman–Crippen LogP) is 2.92. The maximum Gasteiger partial charge on any atom is 0.166 e. The van der Waals surface area contributed by atoms with Crippen molar-refractivity contribution in [2.24, 2.45) is 0 Å². The summed E-state index contributed by atoms with van der Waals surface area (Å²) in [6.45, 7) is 8.82. The van der Waals surface area contributed by atoms with Crippen LogP contribution >= 0.6 is 0 Å². The second kappa shape index (κ2) is 8.05. The maximum atomic E-state index is 5.85. The quantitative estimate of drug-likeness (QED) is 0.748. The van der Waals surface area contributed by atoms with Crippen LogP contribution in [0.3, 0.4) is 0 Å². The van der Waals surface area contributed by atoms with E-state index in [1.807, 2.05) is 19.1 Å². The summed E-state index contributed by atoms with van der Waals surface area (Å²) in [6.07, 6.45) is 2.65. The molecule has 1 aromatic rings. The third kappa shape index (κ3) is 4.76. The summed E-state index contributed by atoms with van der Waals surface area (Å²) in [5.41, 5.74) is 2.08. The maximum absolute atomic E-state index is 5.85. The molecule has 4 heteroatoms. The Labute approximate surface area is 127 Å². The zero-order valence-electron chi connectivity index (χ0n) is 13.0. The second-order valence-electron chi connectivity index (χ2n) is 5.46. The molecule has 0 amide bonds. The molecule has 1 aliphatic rings. The highest BCUT2D eigenvalue weighted by Crippen LogP contribution is 2.31. The second-order valence-corrected chi connectivity index (χ2v) is 5.46. The van der Waals surface area contributed by atoms with Gasteiger partial charge in [-0.2, -0.15) is 0 Å². The molecule has 0 radical (unpaired) electrons. The zero-order valence-corrected chi connectivity index (χ0v) is 13.0. The van der Waals surface area contributed by atoms with Crippen molar-refractivity contribution in [2.75, 3.05) is 26.9 Å². The first-order valence-electron chi connectivity index (χ1n) is 7.46. The molecule has 21 heavy (non-hydrogen) atoms. The van der Waals surface area contributed by atoms with E-state index in [-0.39, 0.29) is 0 Å². The molecule has 1 unspecified atom stereocenters. The Kier molecular flexibility index (Phi) is 6.08. The van der Waals surface area contributed by atoms with Crippen molar-refractivity contribution in [3.05, 3.63) is 35.9 Å². The van der Waals surface area contributed by atoms with Gasteiger partial charge in [-0.15, -0.1) is 0 Å². The van der Waals surface area contributed by atoms with Crippen molar-refractivity contribution < 1.29 is 14.2 Å². The Balaban J connectivity index is 1.97. The molecule has 1 aliphatic heterocycles. The van der Waals surface area contributed by atoms with Gasteiger partial charge in [-0.05, 0) is 31.4 Å². The Hall–Kier alpha value is -1.52. The number of hydrogen-bond acceptors (Lipinski definition) is 4. The Bertz CT molecular complexity index is 467. The van der Waals surface area contributed by atoms with E-state index in [0.717, 1.165) is 48.8 Å². The fourth-order valence-corrected chi connectivity index (χ4v) is 2.39. The molecule has 0 saturated carbocycles. The van der Waals surface area contributed by atoms with Crippen LogP contribution in [0.4, 0.5) is 0 Å². The van der Waals surface area contributed by atoms with Gasteiger partial charge in [0.15, 0.2) is 11.5 Å². The minimum Gasteiger partial charge on any atom is -0.493 e. The van der Waals surface area contributed by atoms with Gasteiger partial charge in [-0.1, -0.05) is 18.7 Å². The number of para-hydroxylation sites is 1. The fraction of sp³-hybridized carbons (Fsp3) is 0.529. The van der Waals surface area contributed by atoms with E-state index in [9.17, 15) is 0 Å². The van der Waals surface area contributed by atoms with Crippen LogP contribution in [0.1, 0.15) is 25.3 Å². The van der Waals surface area contributed by atoms with Crippen molar-refractivity contribution in [3.63, 3.8) is 0 Å². The van der Waals surface area contributed by atoms with Crippen LogP contribution in [-0.4, -0.2) is 33.0 Å². The molecule has 0 aromatic heterocycles. The molecule has 4 nitrogen and oxygen atoms in total. The number of methoxy groups -OCH3 is 1. The minimum absolute atomic E-state index is 0.343. The first-order chi connectivity index (χ1) is 10.2. The summed E-state index contributed by atoms with van der Waals surface area (Å²) in [5, 5.41) is 3.44. The lowest BCUT2D eigenvalue weighted by atomic mass is 10.1. The van der Waals surface area contributed by atoms with E-state index in [0.29, 0.717) is 12.7 Å². The predicted molar refractivity (Wildman–Crippen MR) is 84.0 cm³/mol. The lowest BCUT2D eigenvalue weighted by Gasteiger charge is -2.16. The van der Waals surface area contributed by atoms with Crippen LogP contribution in [0.25, 0.3) is 0 Å². The monoisotopic (exact) mass is 291 g/mol. The van der Waals surface area contributed by atoms with Crippen molar-refractivity contribution in [1.82, 2.24) is 5.32 Å². The lowest BCUT2D eigenvalue weighted by molar-refractivity contribution is 0.110. The topological polar surface area (TPSA) is 39.7 Å². The van der Waals surface area contributed by atoms with Gasteiger partial charge in [-0.3, -0.25) is 0 Å². The summed E-state index contributed by atoms with van der Waals surface area (Å²) in [5.74, 6) is 1.55. The van der Waals surface area contributed by atoms with Gasteiger partial charge in [0.2, 0.25) is 0 Å². The first-order valence-corrected chi connectivity index (χ1v) is 7.46. The highest BCUT2D eigenvalue weighted by atomic mass is 16.5. The van der Waals surface area contributed by atoms with E-state index in [1.54, 1.807) is 7.11 Å². The SMILES string of the molecule is C=C(C)COc1c(CNCC2CCCO2)cccc1OC. The molecule has 0 spiro atoms. The molecule has 1 heterocycles. The number of rotatable bonds is 8. The van der Waals surface area contributed by atoms with Gasteiger partial charge in [0.05, 0.1) is 13.2 Å². The van der Waals surface area contributed by atoms with Crippen molar-refractivity contribution in [1.29, 1.82) is 0 Å². The minimum atomic E-state index is 0.343. The molecular weight excluding hydrogens is 266 g/mol. The van der Waals surface area contributed by atoms with Gasteiger partial charge in [0, 0.05) is 25.3 Å². The molecular formula is C17H25NO3. The van der Waals surface area contributed by atoms with Gasteiger partial charge in [0.25, 0.3) is 0 Å². The number of benzene rings is 1. The van der Waals surface area contributed by atoms with Gasteiger partial charge in [-0.25, -0.2) is 0 Å². The van der Waals surface area contributed by atoms with E-state index in [2.05, 4.69) is 18.0 Å². The molecule has 2 rings (SSSR count). The molecule has 1 aromatic carbocycles. The molecule has 0 aliphatic carbocycles. The molecule has 1 saturated heterocycles. The van der Waals surface area contributed by atoms with Crippen molar-refractivity contribution in [3.8, 4) is 11.5 Å². The number of hydrogen-bond donors (Lipinski definition) is 1. The number of ether oxygens (including phenoxy) is 3. The summed E-state index contributed by atoms with van der Waals surface area (Å²) >= 11 is 0. The molecule has 1 atom stereocenters. The van der Waals surface area contributed by atoms with E-state index in [1.165, 1.54) is 6.42 Å². The highest BCUT2D eigenvalue weighted by Gasteiger charge is 2.15. The summed E-state index contributed by atoms with van der Waals surface area (Å²) in [4.78, 5) is 0. The normalized spacial score (nSPS) is 17.7. The van der Waals surface area contributed by atoms with Crippen LogP contribution in [-0.2, 0) is 11.3 Å². The average molecular weight is 291 g/mol. The summed E-state index contributed by atoms with van der Waals surface area (Å²) in [7, 11) is 1.66. The zero-order chi connectivity index (χ0) is 15.1. The van der Waals surface area contributed by atoms with E-state index in [4.69, 9.17) is 14.2 Å². The van der Waals surface area contributed by atoms with Crippen LogP contribution in [0.2, 0.25) is 0 Å². The Morgan fingerprint density at radius 3 is 3.00 bits per heavy atom. The standard InChI is InChI=1S/C17H25NO3/c1-13(2)12-21-17-14(6-4-8-16(17)19-3)10-18-11-15-7-5-9-20-15/h4,6,8,15,18H,1,5,7,9-12H2,2-3H3. The first kappa shape index (κ1) is 15.9. The Morgan fingerprint density at radius 2 is 2.33 bits per heavy atom. The van der Waals surface area contributed by atoms with Gasteiger partial charge >= 0.3 is 0 Å². The largest absolute Gasteiger partial charge is 0.493 e. The van der Waals surface area contributed by atoms with Crippen LogP contribution in [0, 0.1) is 0 Å². The third-order valence-electron chi connectivity index (χ3n) is 3.45. The van der Waals surface area contributed by atoms with Gasteiger partial charge < -0.3 is 19.5 Å². The molecule has 1 N–H and O–H groups in total. The fourth-order valence-electron chi connectivity index (χ4n) is 2.39. The van der Waals surface area contributed by atoms with Crippen LogP contribution < -0.4 is 14.8 Å². The number of nitrogens with one attached hydrogen (secondary N) is 1. The van der Waals surface area contributed by atoms with Crippen molar-refractivity contribution in [2.45, 2.75) is 32.4 Å². The van der Waals surface area contributed by atoms with Gasteiger partial charge in [0.1, 0.15) is 6.61 Å². The highest BCUT2D eigenvalue weighted by molar-refractivity contribution is 5.46. The van der Waals surface area contributed by atoms with E-state index >= 15 is 0 Å². The van der Waals surface area contributed by atoms with Crippen molar-refractivity contribution >= 4 is 0 Å². The molecule has 1 fully saturated rings. The Morgan fingerprint density at radius 1 is 1.48 bits per heavy atom. The summed E-state index contributed by atoms with van der Waals surface area (Å²) < 4.78 is 16.9.